The maximum absolute atomic E-state index is 13.1. The number of thiophene rings is 1. The number of oxazole rings is 1. The summed E-state index contributed by atoms with van der Waals surface area (Å²) in [6, 6.07) is 11.8. The molecule has 2 aliphatic heterocycles. The Balaban J connectivity index is 1.16. The van der Waals surface area contributed by atoms with Crippen LogP contribution in [0.3, 0.4) is 0 Å². The van der Waals surface area contributed by atoms with E-state index in [0.29, 0.717) is 36.4 Å². The number of sulfonamides is 1. The van der Waals surface area contributed by atoms with Gasteiger partial charge >= 0.3 is 0 Å². The summed E-state index contributed by atoms with van der Waals surface area (Å²) in [7, 11) is -3.47. The first-order chi connectivity index (χ1) is 15.4. The van der Waals surface area contributed by atoms with Crippen molar-refractivity contribution in [2.75, 3.05) is 44.2 Å². The van der Waals surface area contributed by atoms with Crippen LogP contribution in [0.2, 0.25) is 0 Å². The molecule has 2 aliphatic rings. The predicted octanol–water partition coefficient (Wildman–Crippen LogP) is 2.95. The number of hydrogen-bond donors (Lipinski definition) is 0. The summed E-state index contributed by atoms with van der Waals surface area (Å²) in [5.74, 6) is 0.0879. The molecule has 2 saturated heterocycles. The number of para-hydroxylation sites is 2. The standard InChI is InChI=1S/C22H26N4O4S2/c1-16-6-7-20(31-16)32(28,29)26-14-12-24(13-15-26)21(27)17-8-10-25(11-9-17)22-23-18-4-2-3-5-19(18)30-22/h2-7,17H,8-15H2,1H3. The van der Waals surface area contributed by atoms with Crippen LogP contribution < -0.4 is 4.90 Å². The summed E-state index contributed by atoms with van der Waals surface area (Å²) in [6.45, 7) is 4.89. The van der Waals surface area contributed by atoms with E-state index in [0.717, 1.165) is 41.9 Å². The summed E-state index contributed by atoms with van der Waals surface area (Å²) < 4.78 is 33.4. The number of benzene rings is 1. The average Bonchev–Trinajstić information content (AvgIpc) is 3.45. The molecule has 2 fully saturated rings. The van der Waals surface area contributed by atoms with Crippen LogP contribution in [-0.2, 0) is 14.8 Å². The lowest BCUT2D eigenvalue weighted by atomic mass is 9.95. The molecule has 0 N–H and O–H groups in total. The number of aryl methyl sites for hydroxylation is 1. The van der Waals surface area contributed by atoms with Gasteiger partial charge in [0.05, 0.1) is 0 Å². The van der Waals surface area contributed by atoms with Crippen molar-refractivity contribution in [3.05, 3.63) is 41.3 Å². The molecule has 0 saturated carbocycles. The van der Waals surface area contributed by atoms with Gasteiger partial charge in [-0.3, -0.25) is 4.79 Å². The zero-order valence-corrected chi connectivity index (χ0v) is 19.6. The number of piperidine rings is 1. The summed E-state index contributed by atoms with van der Waals surface area (Å²) in [5, 5.41) is 0. The van der Waals surface area contributed by atoms with Gasteiger partial charge in [0, 0.05) is 50.1 Å². The second kappa shape index (κ2) is 8.49. The van der Waals surface area contributed by atoms with Crippen molar-refractivity contribution in [2.24, 2.45) is 5.92 Å². The second-order valence-corrected chi connectivity index (χ2v) is 11.8. The van der Waals surface area contributed by atoms with E-state index in [1.807, 2.05) is 42.2 Å². The predicted molar refractivity (Wildman–Crippen MR) is 123 cm³/mol. The van der Waals surface area contributed by atoms with Crippen LogP contribution >= 0.6 is 11.3 Å². The molecule has 0 bridgehead atoms. The number of anilines is 1. The Bertz CT molecular complexity index is 1190. The van der Waals surface area contributed by atoms with Crippen molar-refractivity contribution in [1.29, 1.82) is 0 Å². The van der Waals surface area contributed by atoms with Gasteiger partial charge in [-0.1, -0.05) is 12.1 Å². The number of piperazine rings is 1. The maximum atomic E-state index is 13.1. The third-order valence-electron chi connectivity index (χ3n) is 6.26. The Morgan fingerprint density at radius 2 is 1.75 bits per heavy atom. The molecular formula is C22H26N4O4S2. The lowest BCUT2D eigenvalue weighted by Crippen LogP contribution is -2.52. The quantitative estimate of drug-likeness (QED) is 0.578. The van der Waals surface area contributed by atoms with Crippen molar-refractivity contribution in [3.8, 4) is 0 Å². The molecule has 3 aromatic rings. The second-order valence-electron chi connectivity index (χ2n) is 8.32. The van der Waals surface area contributed by atoms with Gasteiger partial charge in [0.25, 0.3) is 16.0 Å². The SMILES string of the molecule is Cc1ccc(S(=O)(=O)N2CCN(C(=O)C3CCN(c4nc5ccccc5o4)CC3)CC2)s1. The fraction of sp³-hybridized carbons (Fsp3) is 0.455. The maximum Gasteiger partial charge on any atom is 0.298 e. The van der Waals surface area contributed by atoms with Crippen LogP contribution in [0, 0.1) is 12.8 Å². The van der Waals surface area contributed by atoms with Gasteiger partial charge in [0.2, 0.25) is 5.91 Å². The average molecular weight is 475 g/mol. The Morgan fingerprint density at radius 1 is 1.03 bits per heavy atom. The molecule has 0 unspecified atom stereocenters. The normalized spacial score (nSPS) is 19.0. The van der Waals surface area contributed by atoms with Gasteiger partial charge in [0.1, 0.15) is 9.73 Å². The van der Waals surface area contributed by atoms with Gasteiger partial charge in [-0.15, -0.1) is 11.3 Å². The number of aromatic nitrogens is 1. The minimum Gasteiger partial charge on any atom is -0.423 e. The largest absolute Gasteiger partial charge is 0.423 e. The number of carbonyl (C=O) groups is 1. The number of carbonyl (C=O) groups excluding carboxylic acids is 1. The highest BCUT2D eigenvalue weighted by atomic mass is 32.2. The molecule has 2 aromatic heterocycles. The minimum atomic E-state index is -3.47. The lowest BCUT2D eigenvalue weighted by molar-refractivity contribution is -0.137. The van der Waals surface area contributed by atoms with E-state index in [-0.39, 0.29) is 11.8 Å². The number of amides is 1. The van der Waals surface area contributed by atoms with Crippen molar-refractivity contribution >= 4 is 44.4 Å². The summed E-state index contributed by atoms with van der Waals surface area (Å²) in [5.41, 5.74) is 1.61. The molecule has 4 heterocycles. The van der Waals surface area contributed by atoms with Crippen LogP contribution in [0.25, 0.3) is 11.1 Å². The van der Waals surface area contributed by atoms with Gasteiger partial charge < -0.3 is 14.2 Å². The first-order valence-corrected chi connectivity index (χ1v) is 13.1. The highest BCUT2D eigenvalue weighted by Gasteiger charge is 2.34. The van der Waals surface area contributed by atoms with Gasteiger partial charge in [0.15, 0.2) is 5.58 Å². The Hall–Kier alpha value is -2.43. The topological polar surface area (TPSA) is 87.0 Å². The molecule has 170 valence electrons. The van der Waals surface area contributed by atoms with E-state index in [1.54, 1.807) is 6.07 Å². The molecule has 0 radical (unpaired) electrons. The zero-order chi connectivity index (χ0) is 22.3. The van der Waals surface area contributed by atoms with Gasteiger partial charge in [-0.05, 0) is 44.0 Å². The van der Waals surface area contributed by atoms with Crippen LogP contribution in [-0.4, -0.2) is 67.8 Å². The van der Waals surface area contributed by atoms with E-state index in [4.69, 9.17) is 4.42 Å². The molecule has 0 aliphatic carbocycles. The van der Waals surface area contributed by atoms with Crippen molar-refractivity contribution in [2.45, 2.75) is 24.0 Å². The molecule has 5 rings (SSSR count). The van der Waals surface area contributed by atoms with E-state index >= 15 is 0 Å². The number of rotatable bonds is 4. The van der Waals surface area contributed by atoms with Crippen molar-refractivity contribution < 1.29 is 17.6 Å². The van der Waals surface area contributed by atoms with Crippen LogP contribution in [0.5, 0.6) is 0 Å². The summed E-state index contributed by atoms with van der Waals surface area (Å²) >= 11 is 1.29. The smallest absolute Gasteiger partial charge is 0.298 e. The minimum absolute atomic E-state index is 0.0428. The molecule has 1 aromatic carbocycles. The first kappa shape index (κ1) is 21.4. The van der Waals surface area contributed by atoms with Crippen molar-refractivity contribution in [3.63, 3.8) is 0 Å². The van der Waals surface area contributed by atoms with E-state index in [9.17, 15) is 13.2 Å². The van der Waals surface area contributed by atoms with Crippen molar-refractivity contribution in [1.82, 2.24) is 14.2 Å². The fourth-order valence-corrected chi connectivity index (χ4v) is 7.26. The molecule has 10 heteroatoms. The first-order valence-electron chi connectivity index (χ1n) is 10.9. The monoisotopic (exact) mass is 474 g/mol. The number of fused-ring (bicyclic) bond motifs is 1. The number of hydrogen-bond acceptors (Lipinski definition) is 7. The van der Waals surface area contributed by atoms with Crippen LogP contribution in [0.1, 0.15) is 17.7 Å². The highest BCUT2D eigenvalue weighted by molar-refractivity contribution is 7.91. The molecule has 32 heavy (non-hydrogen) atoms. The Labute approximate surface area is 191 Å². The summed E-state index contributed by atoms with van der Waals surface area (Å²) in [6.07, 6.45) is 1.48. The van der Waals surface area contributed by atoms with Gasteiger partial charge in [-0.2, -0.15) is 9.29 Å². The fourth-order valence-electron chi connectivity index (χ4n) is 4.40. The van der Waals surface area contributed by atoms with E-state index in [1.165, 1.54) is 15.6 Å². The highest BCUT2D eigenvalue weighted by Crippen LogP contribution is 2.28. The van der Waals surface area contributed by atoms with Crippen LogP contribution in [0.15, 0.2) is 45.0 Å². The van der Waals surface area contributed by atoms with E-state index in [2.05, 4.69) is 9.88 Å². The third-order valence-corrected chi connectivity index (χ3v) is 9.62. The molecule has 0 atom stereocenters. The van der Waals surface area contributed by atoms with E-state index < -0.39 is 10.0 Å². The molecular weight excluding hydrogens is 448 g/mol. The van der Waals surface area contributed by atoms with Crippen LogP contribution in [0.4, 0.5) is 6.01 Å². The zero-order valence-electron chi connectivity index (χ0n) is 17.9. The number of nitrogens with zero attached hydrogens (tertiary/aromatic N) is 4. The molecule has 0 spiro atoms. The lowest BCUT2D eigenvalue weighted by Gasteiger charge is -2.37. The molecule has 1 amide bonds. The Kier molecular flexibility index (Phi) is 5.68. The Morgan fingerprint density at radius 3 is 2.41 bits per heavy atom. The molecule has 8 nitrogen and oxygen atoms in total. The van der Waals surface area contributed by atoms with Gasteiger partial charge in [-0.25, -0.2) is 8.42 Å². The summed E-state index contributed by atoms with van der Waals surface area (Å²) in [4.78, 5) is 22.5. The third kappa shape index (κ3) is 4.02.